The van der Waals surface area contributed by atoms with Crippen molar-refractivity contribution in [3.63, 3.8) is 0 Å². The lowest BCUT2D eigenvalue weighted by Crippen LogP contribution is -2.23. The van der Waals surface area contributed by atoms with Crippen LogP contribution in [-0.4, -0.2) is 124 Å². The molecule has 1 fully saturated rings. The molecule has 61 heavy (non-hydrogen) atoms. The minimum atomic E-state index is -0.981. The summed E-state index contributed by atoms with van der Waals surface area (Å²) >= 11 is 0. The second-order valence-electron chi connectivity index (χ2n) is 11.6. The van der Waals surface area contributed by atoms with Crippen molar-refractivity contribution in [1.82, 2.24) is 0 Å². The van der Waals surface area contributed by atoms with E-state index in [0.29, 0.717) is 19.3 Å². The number of epoxide rings is 1. The molecule has 1 saturated heterocycles. The van der Waals surface area contributed by atoms with Gasteiger partial charge in [0.15, 0.2) is 0 Å². The van der Waals surface area contributed by atoms with Gasteiger partial charge in [-0.3, -0.25) is 0 Å². The van der Waals surface area contributed by atoms with Gasteiger partial charge in [0.1, 0.15) is 64.6 Å². The van der Waals surface area contributed by atoms with Gasteiger partial charge in [0, 0.05) is 36.5 Å². The first-order valence-corrected chi connectivity index (χ1v) is 18.0. The zero-order valence-corrected chi connectivity index (χ0v) is 33.0. The van der Waals surface area contributed by atoms with Crippen LogP contribution in [0.1, 0.15) is 11.1 Å². The lowest BCUT2D eigenvalue weighted by molar-refractivity contribution is -0.150. The largest absolute Gasteiger partial charge is 0.460 e. The number of rotatable bonds is 21. The second kappa shape index (κ2) is 34.0. The first kappa shape index (κ1) is 52.1. The number of terminal acetylenes is 3. The average Bonchev–Trinajstić information content (AvgIpc) is 4.02. The van der Waals surface area contributed by atoms with Crippen LogP contribution in [-0.2, 0) is 84.6 Å². The van der Waals surface area contributed by atoms with Crippen LogP contribution in [0.3, 0.4) is 0 Å². The maximum atomic E-state index is 11.4. The van der Waals surface area contributed by atoms with E-state index in [-0.39, 0.29) is 52.9 Å². The van der Waals surface area contributed by atoms with Crippen LogP contribution in [0.5, 0.6) is 0 Å². The Hall–Kier alpha value is -6.88. The first-order valence-electron chi connectivity index (χ1n) is 18.0. The maximum Gasteiger partial charge on any atom is 0.338 e. The van der Waals surface area contributed by atoms with Gasteiger partial charge in [0.2, 0.25) is 0 Å². The number of cyclic esters (lactones) is 2. The van der Waals surface area contributed by atoms with Gasteiger partial charge in [-0.05, 0) is 11.1 Å². The van der Waals surface area contributed by atoms with Crippen LogP contribution >= 0.6 is 0 Å². The van der Waals surface area contributed by atoms with E-state index in [1.54, 1.807) is 0 Å². The van der Waals surface area contributed by atoms with Crippen LogP contribution in [0, 0.1) is 37.0 Å². The summed E-state index contributed by atoms with van der Waals surface area (Å²) in [5.41, 5.74) is 1.68. The van der Waals surface area contributed by atoms with Crippen LogP contribution in [0.25, 0.3) is 0 Å². The molecule has 2 aromatic carbocycles. The van der Waals surface area contributed by atoms with Crippen molar-refractivity contribution < 1.29 is 81.6 Å². The Morgan fingerprint density at radius 1 is 0.607 bits per heavy atom. The highest BCUT2D eigenvalue weighted by Gasteiger charge is 2.21. The van der Waals surface area contributed by atoms with E-state index in [2.05, 4.69) is 22.5 Å². The highest BCUT2D eigenvalue weighted by atomic mass is 16.6. The van der Waals surface area contributed by atoms with E-state index in [4.69, 9.17) is 57.2 Å². The van der Waals surface area contributed by atoms with Gasteiger partial charge < -0.3 is 52.8 Å². The molecule has 0 saturated carbocycles. The maximum absolute atomic E-state index is 11.4. The first-order chi connectivity index (χ1) is 29.4. The standard InChI is InChI=1S/2C17H18O6.C6H8O2.C4H2O3/c2*1-2-10-21-12-15(18)13-23-17(20)9-8-16(19)22-11-14-6-4-3-5-7-14;1-2-3-7-4-6-5-8-6;5-3-1-2-4(6)7-3/h2*1,3-9,15,18H,10-13H2;1,6H,3-5H2;1-2H/b9-8+;9-8-;;. The number of esters is 6. The lowest BCUT2D eigenvalue weighted by Gasteiger charge is -2.09. The Morgan fingerprint density at radius 2 is 0.967 bits per heavy atom. The number of hydrogen-bond acceptors (Lipinski definition) is 17. The molecule has 2 aromatic rings. The van der Waals surface area contributed by atoms with Gasteiger partial charge in [0.25, 0.3) is 0 Å². The van der Waals surface area contributed by atoms with E-state index in [1.165, 1.54) is 0 Å². The second-order valence-corrected chi connectivity index (χ2v) is 11.6. The van der Waals surface area contributed by atoms with Crippen molar-refractivity contribution in [3.05, 3.63) is 108 Å². The fourth-order valence-electron chi connectivity index (χ4n) is 3.60. The minimum absolute atomic E-state index is 0.0414. The van der Waals surface area contributed by atoms with Crippen LogP contribution < -0.4 is 0 Å². The number of carbonyl (C=O) groups excluding carboxylic acids is 6. The smallest absolute Gasteiger partial charge is 0.338 e. The van der Waals surface area contributed by atoms with E-state index in [1.807, 2.05) is 60.7 Å². The van der Waals surface area contributed by atoms with Crippen molar-refractivity contribution in [2.24, 2.45) is 0 Å². The monoisotopic (exact) mass is 846 g/mol. The molecule has 0 radical (unpaired) electrons. The Kier molecular flexibility index (Phi) is 29.1. The Labute approximate surface area is 353 Å². The highest BCUT2D eigenvalue weighted by Crippen LogP contribution is 2.08. The molecule has 17 nitrogen and oxygen atoms in total. The average molecular weight is 847 g/mol. The van der Waals surface area contributed by atoms with E-state index in [0.717, 1.165) is 54.2 Å². The molecule has 0 aliphatic carbocycles. The van der Waals surface area contributed by atoms with E-state index in [9.17, 15) is 39.0 Å². The number of carbonyl (C=O) groups is 6. The van der Waals surface area contributed by atoms with Gasteiger partial charge in [-0.15, -0.1) is 19.3 Å². The predicted octanol–water partition coefficient (Wildman–Crippen LogP) is 1.34. The quantitative estimate of drug-likeness (QED) is 0.0344. The molecule has 0 aromatic heterocycles. The summed E-state index contributed by atoms with van der Waals surface area (Å²) in [4.78, 5) is 65.4. The highest BCUT2D eigenvalue weighted by molar-refractivity contribution is 6.04. The molecule has 0 amide bonds. The number of benzene rings is 2. The third-order valence-electron chi connectivity index (χ3n) is 6.43. The SMILES string of the molecule is C#CCOCC(O)COC(=O)/C=C/C(=O)OCc1ccccc1.C#CCOCC(O)COC(=O)/C=C\C(=O)OCc1ccccc1.C#CCOCC1CO1.O=C1C=CC(=O)O1. The van der Waals surface area contributed by atoms with Crippen molar-refractivity contribution in [2.75, 3.05) is 59.5 Å². The van der Waals surface area contributed by atoms with Gasteiger partial charge in [0.05, 0.1) is 26.4 Å². The zero-order valence-electron chi connectivity index (χ0n) is 33.0. The number of hydrogen-bond donors (Lipinski definition) is 2. The molecule has 4 rings (SSSR count). The Morgan fingerprint density at radius 3 is 1.30 bits per heavy atom. The minimum Gasteiger partial charge on any atom is -0.460 e. The summed E-state index contributed by atoms with van der Waals surface area (Å²) < 4.78 is 42.9. The molecular weight excluding hydrogens is 800 g/mol. The Balaban J connectivity index is 0.000000455. The summed E-state index contributed by atoms with van der Waals surface area (Å²) in [5.74, 6) is 2.84. The van der Waals surface area contributed by atoms with Crippen molar-refractivity contribution >= 4 is 35.8 Å². The molecule has 2 N–H and O–H groups in total. The van der Waals surface area contributed by atoms with Gasteiger partial charge in [-0.25, -0.2) is 28.8 Å². The van der Waals surface area contributed by atoms with Crippen molar-refractivity contribution in [2.45, 2.75) is 31.5 Å². The molecule has 0 spiro atoms. The summed E-state index contributed by atoms with van der Waals surface area (Å²) in [7, 11) is 0. The zero-order chi connectivity index (χ0) is 44.9. The molecule has 17 heteroatoms. The lowest BCUT2D eigenvalue weighted by atomic mass is 10.2. The predicted molar refractivity (Wildman–Crippen MR) is 214 cm³/mol. The molecule has 324 valence electrons. The molecule has 2 heterocycles. The van der Waals surface area contributed by atoms with Crippen molar-refractivity contribution in [1.29, 1.82) is 0 Å². The van der Waals surface area contributed by atoms with Crippen LogP contribution in [0.4, 0.5) is 0 Å². The van der Waals surface area contributed by atoms with E-state index >= 15 is 0 Å². The van der Waals surface area contributed by atoms with E-state index < -0.39 is 48.0 Å². The van der Waals surface area contributed by atoms with Gasteiger partial charge >= 0.3 is 35.8 Å². The molecule has 3 atom stereocenters. The number of aliphatic hydroxyl groups is 2. The third-order valence-corrected chi connectivity index (χ3v) is 6.43. The van der Waals surface area contributed by atoms with Gasteiger partial charge in [-0.1, -0.05) is 78.4 Å². The van der Waals surface area contributed by atoms with Crippen LogP contribution in [0.2, 0.25) is 0 Å². The fourth-order valence-corrected chi connectivity index (χ4v) is 3.60. The fraction of sp³-hybridized carbons (Fsp3) is 0.318. The Bertz CT molecular complexity index is 1730. The summed E-state index contributed by atoms with van der Waals surface area (Å²) in [6.45, 7) is 1.67. The normalized spacial score (nSPS) is 14.0. The third kappa shape index (κ3) is 31.8. The van der Waals surface area contributed by atoms with Crippen LogP contribution in [0.15, 0.2) is 97.1 Å². The topological polar surface area (TPSA) is 229 Å². The molecule has 2 aliphatic rings. The number of aliphatic hydroxyl groups excluding tert-OH is 2. The molecule has 3 unspecified atom stereocenters. The molecule has 2 aliphatic heterocycles. The van der Waals surface area contributed by atoms with Gasteiger partial charge in [-0.2, -0.15) is 0 Å². The summed E-state index contributed by atoms with van der Waals surface area (Å²) in [6, 6.07) is 18.3. The molecular formula is C44H46O17. The van der Waals surface area contributed by atoms with Crippen molar-refractivity contribution in [3.8, 4) is 37.0 Å². The summed E-state index contributed by atoms with van der Waals surface area (Å²) in [5, 5.41) is 18.9. The number of ether oxygens (including phenoxy) is 9. The molecule has 0 bridgehead atoms. The summed E-state index contributed by atoms with van der Waals surface area (Å²) in [6.07, 6.45) is 19.2.